The summed E-state index contributed by atoms with van der Waals surface area (Å²) in [5.74, 6) is -0.775. The number of halogens is 1. The molecule has 4 aromatic rings. The van der Waals surface area contributed by atoms with Crippen LogP contribution in [0, 0.1) is 5.82 Å². The number of aromatic hydroxyl groups is 2. The Morgan fingerprint density at radius 1 is 1.00 bits per heavy atom. The van der Waals surface area contributed by atoms with Crippen molar-refractivity contribution in [3.8, 4) is 39.9 Å². The number of methoxy groups -OCH3 is 2. The van der Waals surface area contributed by atoms with Crippen molar-refractivity contribution >= 4 is 10.0 Å². The highest BCUT2D eigenvalue weighted by Gasteiger charge is 2.28. The Morgan fingerprint density at radius 2 is 1.75 bits per heavy atom. The summed E-state index contributed by atoms with van der Waals surface area (Å²) in [6.45, 7) is -0.0918. The number of sulfonamides is 1. The van der Waals surface area contributed by atoms with Crippen LogP contribution in [0.2, 0.25) is 0 Å². The second kappa shape index (κ2) is 9.88. The lowest BCUT2D eigenvalue weighted by atomic mass is 10.1. The van der Waals surface area contributed by atoms with Gasteiger partial charge in [0, 0.05) is 30.8 Å². The molecule has 0 atom stereocenters. The van der Waals surface area contributed by atoms with E-state index >= 15 is 0 Å². The number of nitrogens with zero attached hydrogens (tertiary/aromatic N) is 3. The Hall–Kier alpha value is -4.09. The van der Waals surface area contributed by atoms with Crippen molar-refractivity contribution in [2.75, 3.05) is 21.3 Å². The second-order valence-electron chi connectivity index (χ2n) is 7.83. The standard InChI is InChI=1S/C25H24FN3O6S/c1-28(15-16-7-6-10-23(34-2)25(16)35-3)36(32,33)24-13-17(21(30)14-22(24)31)19-11-12-27-29(19)20-9-5-4-8-18(20)26/h4-14,30-31H,15H2,1-3H3. The summed E-state index contributed by atoms with van der Waals surface area (Å²) in [5.41, 5.74) is 0.918. The fourth-order valence-corrected chi connectivity index (χ4v) is 5.10. The Kier molecular flexibility index (Phi) is 6.86. The zero-order chi connectivity index (χ0) is 26.0. The molecule has 36 heavy (non-hydrogen) atoms. The molecule has 0 unspecified atom stereocenters. The second-order valence-corrected chi connectivity index (χ2v) is 9.84. The van der Waals surface area contributed by atoms with Gasteiger partial charge in [0.1, 0.15) is 27.9 Å². The minimum Gasteiger partial charge on any atom is -0.507 e. The maximum Gasteiger partial charge on any atom is 0.246 e. The smallest absolute Gasteiger partial charge is 0.246 e. The Labute approximate surface area is 207 Å². The lowest BCUT2D eigenvalue weighted by Crippen LogP contribution is -2.27. The summed E-state index contributed by atoms with van der Waals surface area (Å²) in [7, 11) is 0.0221. The predicted molar refractivity (Wildman–Crippen MR) is 130 cm³/mol. The molecule has 0 aliphatic heterocycles. The number of phenols is 2. The Bertz CT molecular complexity index is 1520. The minimum absolute atomic E-state index is 0.0412. The molecular weight excluding hydrogens is 489 g/mol. The highest BCUT2D eigenvalue weighted by atomic mass is 32.2. The van der Waals surface area contributed by atoms with Crippen LogP contribution in [0.1, 0.15) is 5.56 Å². The quantitative estimate of drug-likeness (QED) is 0.367. The largest absolute Gasteiger partial charge is 0.507 e. The fourth-order valence-electron chi connectivity index (χ4n) is 3.86. The number of aromatic nitrogens is 2. The van der Waals surface area contributed by atoms with E-state index in [-0.39, 0.29) is 23.5 Å². The van der Waals surface area contributed by atoms with Crippen LogP contribution in [0.4, 0.5) is 4.39 Å². The number of hydrogen-bond acceptors (Lipinski definition) is 7. The molecule has 3 aromatic carbocycles. The van der Waals surface area contributed by atoms with E-state index < -0.39 is 32.2 Å². The van der Waals surface area contributed by atoms with E-state index in [1.54, 1.807) is 24.3 Å². The zero-order valence-electron chi connectivity index (χ0n) is 19.7. The molecule has 0 spiro atoms. The number of phenolic OH excluding ortho intramolecular Hbond substituents is 2. The van der Waals surface area contributed by atoms with Gasteiger partial charge in [0.25, 0.3) is 0 Å². The van der Waals surface area contributed by atoms with Gasteiger partial charge >= 0.3 is 0 Å². The summed E-state index contributed by atoms with van der Waals surface area (Å²) >= 11 is 0. The lowest BCUT2D eigenvalue weighted by molar-refractivity contribution is 0.347. The van der Waals surface area contributed by atoms with Crippen molar-refractivity contribution < 1.29 is 32.5 Å². The molecule has 0 amide bonds. The van der Waals surface area contributed by atoms with Gasteiger partial charge in [-0.2, -0.15) is 9.40 Å². The molecule has 0 fully saturated rings. The number of para-hydroxylation sites is 2. The van der Waals surface area contributed by atoms with Gasteiger partial charge in [-0.3, -0.25) is 0 Å². The van der Waals surface area contributed by atoms with Crippen molar-refractivity contribution in [1.82, 2.24) is 14.1 Å². The third kappa shape index (κ3) is 4.45. The molecule has 0 bridgehead atoms. The van der Waals surface area contributed by atoms with Gasteiger partial charge in [-0.25, -0.2) is 17.5 Å². The molecule has 4 rings (SSSR count). The normalized spacial score (nSPS) is 11.6. The van der Waals surface area contributed by atoms with E-state index in [1.807, 2.05) is 0 Å². The monoisotopic (exact) mass is 513 g/mol. The molecule has 0 aliphatic carbocycles. The molecule has 0 saturated carbocycles. The van der Waals surface area contributed by atoms with E-state index in [2.05, 4.69) is 5.10 Å². The predicted octanol–water partition coefficient (Wildman–Crippen LogP) is 3.93. The van der Waals surface area contributed by atoms with Crippen LogP contribution in [-0.4, -0.2) is 54.0 Å². The summed E-state index contributed by atoms with van der Waals surface area (Å²) in [6, 6.07) is 14.6. The van der Waals surface area contributed by atoms with Crippen LogP contribution < -0.4 is 9.47 Å². The molecule has 2 N–H and O–H groups in total. The highest BCUT2D eigenvalue weighted by Crippen LogP contribution is 2.39. The average Bonchev–Trinajstić information content (AvgIpc) is 3.33. The number of ether oxygens (including phenoxy) is 2. The van der Waals surface area contributed by atoms with E-state index in [1.165, 1.54) is 56.4 Å². The van der Waals surface area contributed by atoms with Crippen molar-refractivity contribution in [3.63, 3.8) is 0 Å². The minimum atomic E-state index is -4.26. The van der Waals surface area contributed by atoms with Gasteiger partial charge in [0.15, 0.2) is 11.5 Å². The van der Waals surface area contributed by atoms with E-state index in [9.17, 15) is 23.0 Å². The SMILES string of the molecule is COc1cccc(CN(C)S(=O)(=O)c2cc(-c3ccnn3-c3ccccc3F)c(O)cc2O)c1OC. The molecule has 11 heteroatoms. The number of benzene rings is 3. The van der Waals surface area contributed by atoms with Crippen molar-refractivity contribution in [2.45, 2.75) is 11.4 Å². The third-order valence-corrected chi connectivity index (χ3v) is 7.47. The van der Waals surface area contributed by atoms with Gasteiger partial charge in [0.05, 0.1) is 26.1 Å². The molecule has 0 radical (unpaired) electrons. The van der Waals surface area contributed by atoms with Gasteiger partial charge in [-0.05, 0) is 30.3 Å². The van der Waals surface area contributed by atoms with E-state index in [0.717, 1.165) is 16.4 Å². The Morgan fingerprint density at radius 3 is 2.44 bits per heavy atom. The summed E-state index contributed by atoms with van der Waals surface area (Å²) in [4.78, 5) is -0.444. The first-order chi connectivity index (χ1) is 17.2. The van der Waals surface area contributed by atoms with Gasteiger partial charge < -0.3 is 19.7 Å². The number of hydrogen-bond donors (Lipinski definition) is 2. The van der Waals surface area contributed by atoms with Crippen molar-refractivity contribution in [3.05, 3.63) is 78.2 Å². The first-order valence-electron chi connectivity index (χ1n) is 10.7. The molecule has 0 saturated heterocycles. The van der Waals surface area contributed by atoms with E-state index in [0.29, 0.717) is 17.1 Å². The van der Waals surface area contributed by atoms with Gasteiger partial charge in [-0.15, -0.1) is 0 Å². The first-order valence-corrected chi connectivity index (χ1v) is 12.1. The van der Waals surface area contributed by atoms with Crippen LogP contribution >= 0.6 is 0 Å². The van der Waals surface area contributed by atoms with E-state index in [4.69, 9.17) is 9.47 Å². The van der Waals surface area contributed by atoms with Crippen molar-refractivity contribution in [1.29, 1.82) is 0 Å². The molecule has 0 aliphatic rings. The highest BCUT2D eigenvalue weighted by molar-refractivity contribution is 7.89. The zero-order valence-corrected chi connectivity index (χ0v) is 20.5. The van der Waals surface area contributed by atoms with Crippen LogP contribution in [0.5, 0.6) is 23.0 Å². The third-order valence-electron chi connectivity index (χ3n) is 5.64. The molecule has 9 nitrogen and oxygen atoms in total. The van der Waals surface area contributed by atoms with Crippen molar-refractivity contribution in [2.24, 2.45) is 0 Å². The lowest BCUT2D eigenvalue weighted by Gasteiger charge is -2.21. The topological polar surface area (TPSA) is 114 Å². The molecular formula is C25H24FN3O6S. The molecule has 1 aromatic heterocycles. The maximum absolute atomic E-state index is 14.4. The summed E-state index contributed by atoms with van der Waals surface area (Å²) in [5, 5.41) is 25.2. The maximum atomic E-state index is 14.4. The average molecular weight is 514 g/mol. The Balaban J connectivity index is 1.77. The van der Waals surface area contributed by atoms with Crippen LogP contribution in [-0.2, 0) is 16.6 Å². The summed E-state index contributed by atoms with van der Waals surface area (Å²) < 4.78 is 54.3. The van der Waals surface area contributed by atoms with Crippen LogP contribution in [0.3, 0.4) is 0 Å². The van der Waals surface area contributed by atoms with Gasteiger partial charge in [-0.1, -0.05) is 24.3 Å². The van der Waals surface area contributed by atoms with Gasteiger partial charge in [0.2, 0.25) is 10.0 Å². The van der Waals surface area contributed by atoms with Crippen LogP contribution in [0.25, 0.3) is 16.9 Å². The molecule has 1 heterocycles. The first kappa shape index (κ1) is 25.0. The molecule has 188 valence electrons. The van der Waals surface area contributed by atoms with Crippen LogP contribution in [0.15, 0.2) is 71.8 Å². The summed E-state index contributed by atoms with van der Waals surface area (Å²) in [6.07, 6.45) is 1.39. The fraction of sp³-hybridized carbons (Fsp3) is 0.160. The number of rotatable bonds is 8.